The highest BCUT2D eigenvalue weighted by Gasteiger charge is 2.10. The number of esters is 1. The van der Waals surface area contributed by atoms with Crippen LogP contribution in [-0.2, 0) is 14.3 Å². The van der Waals surface area contributed by atoms with Gasteiger partial charge in [0.05, 0.1) is 13.0 Å². The van der Waals surface area contributed by atoms with Gasteiger partial charge in [-0.2, -0.15) is 0 Å². The van der Waals surface area contributed by atoms with Crippen LogP contribution in [0.15, 0.2) is 54.6 Å². The van der Waals surface area contributed by atoms with Crippen LogP contribution in [0.3, 0.4) is 0 Å². The third-order valence-electron chi connectivity index (χ3n) is 3.32. The molecule has 0 unspecified atom stereocenters. The van der Waals surface area contributed by atoms with Gasteiger partial charge in [0.15, 0.2) is 6.61 Å². The van der Waals surface area contributed by atoms with Gasteiger partial charge in [0.1, 0.15) is 5.75 Å². The van der Waals surface area contributed by atoms with Crippen LogP contribution in [-0.4, -0.2) is 38.0 Å². The molecule has 0 saturated heterocycles. The third kappa shape index (κ3) is 6.27. The minimum Gasteiger partial charge on any atom is -0.493 e. The minimum absolute atomic E-state index is 0.0360. The molecule has 26 heavy (non-hydrogen) atoms. The lowest BCUT2D eigenvalue weighted by Crippen LogP contribution is -2.22. The predicted octanol–water partition coefficient (Wildman–Crippen LogP) is 2.00. The maximum absolute atomic E-state index is 11.8. The summed E-state index contributed by atoms with van der Waals surface area (Å²) in [7, 11) is 1.52. The van der Waals surface area contributed by atoms with Crippen LogP contribution in [0, 0.1) is 0 Å². The molecule has 0 aliphatic rings. The molecule has 2 rings (SSSR count). The lowest BCUT2D eigenvalue weighted by atomic mass is 10.2. The Labute approximate surface area is 151 Å². The van der Waals surface area contributed by atoms with Crippen molar-refractivity contribution in [1.29, 1.82) is 0 Å². The summed E-state index contributed by atoms with van der Waals surface area (Å²) in [6, 6.07) is 15.5. The van der Waals surface area contributed by atoms with Crippen molar-refractivity contribution >= 4 is 23.5 Å². The molecule has 2 aromatic carbocycles. The van der Waals surface area contributed by atoms with Crippen LogP contribution in [0.2, 0.25) is 0 Å². The fraction of sp³-hybridized carbons (Fsp3) is 0.211. The molecule has 0 heterocycles. The summed E-state index contributed by atoms with van der Waals surface area (Å²) in [5, 5.41) is 5.07. The number of benzene rings is 2. The molecule has 2 aromatic rings. The van der Waals surface area contributed by atoms with Crippen molar-refractivity contribution in [2.75, 3.05) is 25.6 Å². The average molecular weight is 356 g/mol. The predicted molar refractivity (Wildman–Crippen MR) is 96.0 cm³/mol. The number of para-hydroxylation sites is 1. The molecule has 0 saturated carbocycles. The number of rotatable bonds is 8. The maximum Gasteiger partial charge on any atom is 0.309 e. The van der Waals surface area contributed by atoms with E-state index in [0.717, 1.165) is 0 Å². The first-order valence-corrected chi connectivity index (χ1v) is 8.04. The standard InChI is InChI=1S/C19H20N2O5/c1-20-19(24)14-6-5-7-15(12-14)21-17(22)13-26-18(23)10-11-25-16-8-3-2-4-9-16/h2-9,12H,10-11,13H2,1H3,(H,20,24)(H,21,22). The van der Waals surface area contributed by atoms with E-state index in [1.165, 1.54) is 13.1 Å². The Bertz CT molecular complexity index is 762. The largest absolute Gasteiger partial charge is 0.493 e. The summed E-state index contributed by atoms with van der Waals surface area (Å²) in [6.07, 6.45) is 0.0360. The van der Waals surface area contributed by atoms with Gasteiger partial charge in [0.2, 0.25) is 0 Å². The minimum atomic E-state index is -0.532. The second-order valence-corrected chi connectivity index (χ2v) is 5.28. The zero-order chi connectivity index (χ0) is 18.8. The molecule has 0 aliphatic heterocycles. The van der Waals surface area contributed by atoms with Gasteiger partial charge in [-0.05, 0) is 30.3 Å². The van der Waals surface area contributed by atoms with E-state index in [9.17, 15) is 14.4 Å². The van der Waals surface area contributed by atoms with Crippen molar-refractivity contribution in [3.63, 3.8) is 0 Å². The molecule has 2 amide bonds. The van der Waals surface area contributed by atoms with Gasteiger partial charge in [-0.15, -0.1) is 0 Å². The van der Waals surface area contributed by atoms with Crippen molar-refractivity contribution in [1.82, 2.24) is 5.32 Å². The zero-order valence-corrected chi connectivity index (χ0v) is 14.4. The van der Waals surface area contributed by atoms with Crippen LogP contribution >= 0.6 is 0 Å². The number of nitrogens with one attached hydrogen (secondary N) is 2. The summed E-state index contributed by atoms with van der Waals surface area (Å²) >= 11 is 0. The van der Waals surface area contributed by atoms with Crippen LogP contribution in [0.1, 0.15) is 16.8 Å². The second kappa shape index (κ2) is 9.83. The van der Waals surface area contributed by atoms with Gasteiger partial charge >= 0.3 is 5.97 Å². The van der Waals surface area contributed by atoms with E-state index in [4.69, 9.17) is 9.47 Å². The molecule has 2 N–H and O–H groups in total. The lowest BCUT2D eigenvalue weighted by Gasteiger charge is -2.08. The molecule has 136 valence electrons. The highest BCUT2D eigenvalue weighted by atomic mass is 16.5. The molecule has 0 bridgehead atoms. The van der Waals surface area contributed by atoms with Crippen molar-refractivity contribution in [2.24, 2.45) is 0 Å². The van der Waals surface area contributed by atoms with Crippen molar-refractivity contribution in [2.45, 2.75) is 6.42 Å². The van der Waals surface area contributed by atoms with E-state index in [2.05, 4.69) is 10.6 Å². The fourth-order valence-electron chi connectivity index (χ4n) is 2.07. The molecule has 0 aliphatic carbocycles. The Balaban J connectivity index is 1.71. The van der Waals surface area contributed by atoms with E-state index in [-0.39, 0.29) is 18.9 Å². The molecule has 0 radical (unpaired) electrons. The number of hydrogen-bond donors (Lipinski definition) is 2. The number of carbonyl (C=O) groups is 3. The highest BCUT2D eigenvalue weighted by molar-refractivity contribution is 5.97. The van der Waals surface area contributed by atoms with Gasteiger partial charge in [0, 0.05) is 18.3 Å². The summed E-state index contributed by atoms with van der Waals surface area (Å²) in [5.41, 5.74) is 0.861. The normalized spacial score (nSPS) is 9.88. The summed E-state index contributed by atoms with van der Waals surface area (Å²) in [6.45, 7) is -0.243. The van der Waals surface area contributed by atoms with E-state index < -0.39 is 18.5 Å². The van der Waals surface area contributed by atoms with Gasteiger partial charge in [-0.3, -0.25) is 14.4 Å². The zero-order valence-electron chi connectivity index (χ0n) is 14.4. The number of anilines is 1. The van der Waals surface area contributed by atoms with E-state index in [1.807, 2.05) is 18.2 Å². The molecule has 7 heteroatoms. The topological polar surface area (TPSA) is 93.7 Å². The second-order valence-electron chi connectivity index (χ2n) is 5.28. The fourth-order valence-corrected chi connectivity index (χ4v) is 2.07. The van der Waals surface area contributed by atoms with E-state index in [0.29, 0.717) is 17.0 Å². The molecule has 0 atom stereocenters. The van der Waals surface area contributed by atoms with Crippen LogP contribution < -0.4 is 15.4 Å². The highest BCUT2D eigenvalue weighted by Crippen LogP contribution is 2.11. The molecular formula is C19H20N2O5. The first-order valence-electron chi connectivity index (χ1n) is 8.04. The Morgan fingerprint density at radius 2 is 1.77 bits per heavy atom. The molecule has 0 spiro atoms. The summed E-state index contributed by atoms with van der Waals surface area (Å²) in [5.74, 6) is -0.619. The lowest BCUT2D eigenvalue weighted by molar-refractivity contribution is -0.147. The average Bonchev–Trinajstić information content (AvgIpc) is 2.67. The quantitative estimate of drug-likeness (QED) is 0.706. The number of ether oxygens (including phenoxy) is 2. The van der Waals surface area contributed by atoms with Crippen LogP contribution in [0.5, 0.6) is 5.75 Å². The first kappa shape index (κ1) is 19.0. The van der Waals surface area contributed by atoms with Gasteiger partial charge in [0.25, 0.3) is 11.8 Å². The van der Waals surface area contributed by atoms with Crippen molar-refractivity contribution in [3.05, 3.63) is 60.2 Å². The Morgan fingerprint density at radius 3 is 2.50 bits per heavy atom. The maximum atomic E-state index is 11.8. The summed E-state index contributed by atoms with van der Waals surface area (Å²) < 4.78 is 10.3. The van der Waals surface area contributed by atoms with Gasteiger partial charge < -0.3 is 20.1 Å². The SMILES string of the molecule is CNC(=O)c1cccc(NC(=O)COC(=O)CCOc2ccccc2)c1. The summed E-state index contributed by atoms with van der Waals surface area (Å²) in [4.78, 5) is 35.0. The number of carbonyl (C=O) groups excluding carboxylic acids is 3. The van der Waals surface area contributed by atoms with Crippen LogP contribution in [0.25, 0.3) is 0 Å². The van der Waals surface area contributed by atoms with Gasteiger partial charge in [-0.25, -0.2) is 0 Å². The molecular weight excluding hydrogens is 336 g/mol. The number of amides is 2. The molecule has 0 aromatic heterocycles. The molecule has 7 nitrogen and oxygen atoms in total. The Hall–Kier alpha value is -3.35. The monoisotopic (exact) mass is 356 g/mol. The molecule has 0 fully saturated rings. The van der Waals surface area contributed by atoms with Crippen LogP contribution in [0.4, 0.5) is 5.69 Å². The smallest absolute Gasteiger partial charge is 0.309 e. The Kier molecular flexibility index (Phi) is 7.17. The van der Waals surface area contributed by atoms with Gasteiger partial charge in [-0.1, -0.05) is 24.3 Å². The third-order valence-corrected chi connectivity index (χ3v) is 3.32. The van der Waals surface area contributed by atoms with E-state index >= 15 is 0 Å². The van der Waals surface area contributed by atoms with Crippen molar-refractivity contribution in [3.8, 4) is 5.75 Å². The number of hydrogen-bond acceptors (Lipinski definition) is 5. The van der Waals surface area contributed by atoms with Crippen molar-refractivity contribution < 1.29 is 23.9 Å². The Morgan fingerprint density at radius 1 is 1.00 bits per heavy atom. The van der Waals surface area contributed by atoms with E-state index in [1.54, 1.807) is 30.3 Å². The first-order chi connectivity index (χ1) is 12.6.